The molecule has 0 fully saturated rings. The molecule has 2 N–H and O–H groups in total. The number of carbonyl (C=O) groups excluding carboxylic acids is 1. The van der Waals surface area contributed by atoms with E-state index in [1.54, 1.807) is 26.4 Å². The minimum Gasteiger partial charge on any atom is -0.497 e. The predicted octanol–water partition coefficient (Wildman–Crippen LogP) is 5.49. The van der Waals surface area contributed by atoms with Crippen LogP contribution in [-0.2, 0) is 0 Å². The van der Waals surface area contributed by atoms with E-state index in [9.17, 15) is 4.79 Å². The van der Waals surface area contributed by atoms with E-state index in [2.05, 4.69) is 10.6 Å². The van der Waals surface area contributed by atoms with Crippen molar-refractivity contribution in [3.8, 4) is 11.5 Å². The maximum Gasteiger partial charge on any atom is 0.175 e. The summed E-state index contributed by atoms with van der Waals surface area (Å²) in [6, 6.07) is 22.5. The first kappa shape index (κ1) is 21.7. The maximum atomic E-state index is 12.5. The summed E-state index contributed by atoms with van der Waals surface area (Å²) in [5, 5.41) is 6.75. The van der Waals surface area contributed by atoms with Crippen LogP contribution >= 0.6 is 24.0 Å². The minimum atomic E-state index is 0.0469. The largest absolute Gasteiger partial charge is 0.497 e. The zero-order chi connectivity index (χ0) is 21.3. The molecule has 0 heterocycles. The minimum absolute atomic E-state index is 0.0469. The second-order valence-corrected chi connectivity index (χ2v) is 7.71. The van der Waals surface area contributed by atoms with Crippen LogP contribution in [0.4, 0.5) is 11.4 Å². The van der Waals surface area contributed by atoms with Crippen molar-refractivity contribution in [3.63, 3.8) is 0 Å². The quantitative estimate of drug-likeness (QED) is 0.274. The number of rotatable bonds is 8. The molecular weight excluding hydrogens is 416 g/mol. The number of hydrogen-bond acceptors (Lipinski definition) is 5. The highest BCUT2D eigenvalue weighted by Crippen LogP contribution is 2.25. The lowest BCUT2D eigenvalue weighted by atomic mass is 10.1. The smallest absolute Gasteiger partial charge is 0.175 e. The first-order valence-corrected chi connectivity index (χ1v) is 10.6. The van der Waals surface area contributed by atoms with Crippen molar-refractivity contribution in [1.82, 2.24) is 0 Å². The third-order valence-electron chi connectivity index (χ3n) is 4.21. The van der Waals surface area contributed by atoms with E-state index in [0.29, 0.717) is 27.9 Å². The fourth-order valence-electron chi connectivity index (χ4n) is 2.72. The number of thioether (sulfide) groups is 1. The molecule has 154 valence electrons. The van der Waals surface area contributed by atoms with Crippen LogP contribution in [0.5, 0.6) is 11.5 Å². The SMILES string of the molecule is COc1cccc(C(=O)CSc2cccc(NC(=S)Nc3ccccc3OC)c2)c1. The van der Waals surface area contributed by atoms with Crippen LogP contribution in [-0.4, -0.2) is 30.9 Å². The highest BCUT2D eigenvalue weighted by molar-refractivity contribution is 8.00. The van der Waals surface area contributed by atoms with Gasteiger partial charge in [0.2, 0.25) is 0 Å². The van der Waals surface area contributed by atoms with Gasteiger partial charge in [-0.2, -0.15) is 0 Å². The Hall–Kier alpha value is -3.03. The van der Waals surface area contributed by atoms with Gasteiger partial charge in [-0.15, -0.1) is 11.8 Å². The summed E-state index contributed by atoms with van der Waals surface area (Å²) in [5.74, 6) is 1.77. The second-order valence-electron chi connectivity index (χ2n) is 6.25. The molecule has 0 amide bonds. The number of thiocarbonyl (C=S) groups is 1. The molecular formula is C23H22N2O3S2. The fourth-order valence-corrected chi connectivity index (χ4v) is 3.80. The standard InChI is InChI=1S/C23H22N2O3S2/c1-27-18-9-5-7-16(13-18)21(26)15-30-19-10-6-8-17(14-19)24-23(29)25-20-11-3-4-12-22(20)28-2/h3-14H,15H2,1-2H3,(H2,24,25,29). The van der Waals surface area contributed by atoms with Gasteiger partial charge < -0.3 is 20.1 Å². The van der Waals surface area contributed by atoms with Gasteiger partial charge in [0.15, 0.2) is 10.9 Å². The van der Waals surface area contributed by atoms with Gasteiger partial charge in [-0.25, -0.2) is 0 Å². The molecule has 0 aliphatic heterocycles. The van der Waals surface area contributed by atoms with Gasteiger partial charge in [-0.05, 0) is 54.7 Å². The molecule has 0 bridgehead atoms. The number of ether oxygens (including phenoxy) is 2. The topological polar surface area (TPSA) is 59.6 Å². The van der Waals surface area contributed by atoms with Gasteiger partial charge in [0.05, 0.1) is 25.7 Å². The Labute approximate surface area is 185 Å². The summed E-state index contributed by atoms with van der Waals surface area (Å²) in [6.07, 6.45) is 0. The molecule has 0 radical (unpaired) electrons. The van der Waals surface area contributed by atoms with Gasteiger partial charge in [0.1, 0.15) is 11.5 Å². The first-order valence-electron chi connectivity index (χ1n) is 9.20. The number of ketones is 1. The molecule has 0 spiro atoms. The average molecular weight is 439 g/mol. The highest BCUT2D eigenvalue weighted by Gasteiger charge is 2.09. The lowest BCUT2D eigenvalue weighted by Crippen LogP contribution is -2.19. The number of Topliss-reactive ketones (excluding diaryl/α,β-unsaturated/α-hetero) is 1. The number of hydrogen-bond donors (Lipinski definition) is 2. The fraction of sp³-hybridized carbons (Fsp3) is 0.130. The number of para-hydroxylation sites is 2. The van der Waals surface area contributed by atoms with Crippen molar-refractivity contribution in [1.29, 1.82) is 0 Å². The van der Waals surface area contributed by atoms with Crippen LogP contribution in [0.1, 0.15) is 10.4 Å². The number of nitrogens with one attached hydrogen (secondary N) is 2. The van der Waals surface area contributed by atoms with E-state index >= 15 is 0 Å². The predicted molar refractivity (Wildman–Crippen MR) is 127 cm³/mol. The van der Waals surface area contributed by atoms with E-state index in [1.807, 2.05) is 60.7 Å². The Morgan fingerprint density at radius 1 is 0.933 bits per heavy atom. The van der Waals surface area contributed by atoms with Gasteiger partial charge in [0, 0.05) is 16.1 Å². The van der Waals surface area contributed by atoms with Crippen LogP contribution < -0.4 is 20.1 Å². The van der Waals surface area contributed by atoms with Crippen molar-refractivity contribution in [3.05, 3.63) is 78.4 Å². The molecule has 0 unspecified atom stereocenters. The van der Waals surface area contributed by atoms with Crippen molar-refractivity contribution in [2.24, 2.45) is 0 Å². The number of anilines is 2. The van der Waals surface area contributed by atoms with Crippen LogP contribution in [0.3, 0.4) is 0 Å². The summed E-state index contributed by atoms with van der Waals surface area (Å²) < 4.78 is 10.5. The number of benzene rings is 3. The van der Waals surface area contributed by atoms with Crippen molar-refractivity contribution in [2.75, 3.05) is 30.6 Å². The lowest BCUT2D eigenvalue weighted by Gasteiger charge is -2.13. The molecule has 0 aliphatic carbocycles. The van der Waals surface area contributed by atoms with Gasteiger partial charge >= 0.3 is 0 Å². The molecule has 0 saturated heterocycles. The highest BCUT2D eigenvalue weighted by atomic mass is 32.2. The molecule has 3 aromatic carbocycles. The van der Waals surface area contributed by atoms with Crippen LogP contribution in [0.2, 0.25) is 0 Å². The second kappa shape index (κ2) is 10.7. The summed E-state index contributed by atoms with van der Waals surface area (Å²) in [6.45, 7) is 0. The molecule has 0 aromatic heterocycles. The van der Waals surface area contributed by atoms with E-state index in [-0.39, 0.29) is 5.78 Å². The molecule has 3 aromatic rings. The van der Waals surface area contributed by atoms with Crippen molar-refractivity contribution >= 4 is 46.3 Å². The molecule has 0 aliphatic rings. The Morgan fingerprint density at radius 2 is 1.73 bits per heavy atom. The first-order chi connectivity index (χ1) is 14.6. The molecule has 3 rings (SSSR count). The lowest BCUT2D eigenvalue weighted by molar-refractivity contribution is 0.102. The monoisotopic (exact) mass is 438 g/mol. The van der Waals surface area contributed by atoms with Crippen LogP contribution in [0, 0.1) is 0 Å². The Balaban J connectivity index is 1.59. The van der Waals surface area contributed by atoms with E-state index < -0.39 is 0 Å². The third kappa shape index (κ3) is 5.98. The third-order valence-corrected chi connectivity index (χ3v) is 5.41. The molecule has 30 heavy (non-hydrogen) atoms. The molecule has 5 nitrogen and oxygen atoms in total. The summed E-state index contributed by atoms with van der Waals surface area (Å²) in [7, 11) is 3.20. The zero-order valence-corrected chi connectivity index (χ0v) is 18.3. The molecule has 0 atom stereocenters. The Kier molecular flexibility index (Phi) is 7.70. The van der Waals surface area contributed by atoms with Gasteiger partial charge in [0.25, 0.3) is 0 Å². The number of carbonyl (C=O) groups is 1. The summed E-state index contributed by atoms with van der Waals surface area (Å²) >= 11 is 6.89. The summed E-state index contributed by atoms with van der Waals surface area (Å²) in [4.78, 5) is 13.4. The Bertz CT molecular complexity index is 1040. The van der Waals surface area contributed by atoms with Gasteiger partial charge in [-0.1, -0.05) is 30.3 Å². The van der Waals surface area contributed by atoms with E-state index in [1.165, 1.54) is 11.8 Å². The summed E-state index contributed by atoms with van der Waals surface area (Å²) in [5.41, 5.74) is 2.26. The number of methoxy groups -OCH3 is 2. The molecule has 0 saturated carbocycles. The zero-order valence-electron chi connectivity index (χ0n) is 16.7. The maximum absolute atomic E-state index is 12.5. The Morgan fingerprint density at radius 3 is 2.53 bits per heavy atom. The average Bonchev–Trinajstić information content (AvgIpc) is 2.78. The normalized spacial score (nSPS) is 10.2. The van der Waals surface area contributed by atoms with Crippen LogP contribution in [0.15, 0.2) is 77.7 Å². The van der Waals surface area contributed by atoms with Crippen molar-refractivity contribution in [2.45, 2.75) is 4.90 Å². The van der Waals surface area contributed by atoms with Gasteiger partial charge in [-0.3, -0.25) is 4.79 Å². The van der Waals surface area contributed by atoms with Crippen molar-refractivity contribution < 1.29 is 14.3 Å². The molecule has 7 heteroatoms. The van der Waals surface area contributed by atoms with E-state index in [4.69, 9.17) is 21.7 Å². The van der Waals surface area contributed by atoms with Crippen LogP contribution in [0.25, 0.3) is 0 Å². The van der Waals surface area contributed by atoms with E-state index in [0.717, 1.165) is 16.3 Å².